The Morgan fingerprint density at radius 3 is 1.86 bits per heavy atom. The Hall–Kier alpha value is -4.44. The van der Waals surface area contributed by atoms with Crippen LogP contribution >= 0.6 is 0 Å². The van der Waals surface area contributed by atoms with Gasteiger partial charge >= 0.3 is 0 Å². The Balaban J connectivity index is 1.10. The van der Waals surface area contributed by atoms with Crippen LogP contribution in [0.2, 0.25) is 0 Å². The molecule has 7 atom stereocenters. The quantitative estimate of drug-likeness (QED) is 0.0430. The highest BCUT2D eigenvalue weighted by atomic mass is 19.1. The number of aliphatic hydroxyl groups is 6. The van der Waals surface area contributed by atoms with Crippen molar-refractivity contribution in [1.29, 1.82) is 0 Å². The molecule has 13 nitrogen and oxygen atoms in total. The summed E-state index contributed by atoms with van der Waals surface area (Å²) in [6.07, 6.45) is 1.46. The summed E-state index contributed by atoms with van der Waals surface area (Å²) in [4.78, 5) is 39.9. The van der Waals surface area contributed by atoms with Crippen LogP contribution in [-0.4, -0.2) is 93.0 Å². The molecule has 318 valence electrons. The Morgan fingerprint density at radius 2 is 1.29 bits per heavy atom. The van der Waals surface area contributed by atoms with E-state index in [0.717, 1.165) is 61.8 Å². The maximum absolute atomic E-state index is 13.6. The fraction of sp³-hybridized carbons (Fsp3) is 0.523. The predicted octanol–water partition coefficient (Wildman–Crippen LogP) is 4.12. The van der Waals surface area contributed by atoms with E-state index in [-0.39, 0.29) is 48.5 Å². The Labute approximate surface area is 339 Å². The number of rotatable bonds is 26. The number of hydrogen-bond acceptors (Lipinski definition) is 10. The van der Waals surface area contributed by atoms with Crippen molar-refractivity contribution < 1.29 is 54.2 Å². The Bertz CT molecular complexity index is 1700. The van der Waals surface area contributed by atoms with Gasteiger partial charge in [-0.2, -0.15) is 0 Å². The van der Waals surface area contributed by atoms with E-state index in [4.69, 9.17) is 9.84 Å². The monoisotopic (exact) mass is 809 g/mol. The topological polar surface area (TPSA) is 209 Å². The van der Waals surface area contributed by atoms with Crippen LogP contribution in [0.1, 0.15) is 106 Å². The van der Waals surface area contributed by atoms with E-state index in [9.17, 15) is 44.3 Å². The van der Waals surface area contributed by atoms with E-state index in [1.165, 1.54) is 12.1 Å². The van der Waals surface area contributed by atoms with Crippen LogP contribution < -0.4 is 20.3 Å². The number of β-lactam (4-membered cyclic amide) rings is 1. The molecule has 1 aliphatic heterocycles. The maximum Gasteiger partial charge on any atom is 0.233 e. The van der Waals surface area contributed by atoms with Gasteiger partial charge in [0.15, 0.2) is 0 Å². The van der Waals surface area contributed by atoms with Gasteiger partial charge < -0.3 is 50.9 Å². The molecule has 1 heterocycles. The zero-order valence-corrected chi connectivity index (χ0v) is 33.2. The van der Waals surface area contributed by atoms with Gasteiger partial charge in [0.1, 0.15) is 29.9 Å². The van der Waals surface area contributed by atoms with Crippen molar-refractivity contribution in [2.75, 3.05) is 25.2 Å². The highest BCUT2D eigenvalue weighted by Gasteiger charge is 2.48. The molecule has 58 heavy (non-hydrogen) atoms. The summed E-state index contributed by atoms with van der Waals surface area (Å²) in [5, 5.41) is 63.8. The third-order valence-corrected chi connectivity index (χ3v) is 10.8. The summed E-state index contributed by atoms with van der Waals surface area (Å²) in [7, 11) is 1.60. The zero-order chi connectivity index (χ0) is 42.0. The van der Waals surface area contributed by atoms with Gasteiger partial charge in [0.2, 0.25) is 17.7 Å². The molecule has 1 unspecified atom stereocenters. The number of nitrogens with zero attached hydrogens (tertiary/aromatic N) is 1. The summed E-state index contributed by atoms with van der Waals surface area (Å²) in [5.74, 6) is -0.357. The van der Waals surface area contributed by atoms with Crippen LogP contribution in [0.4, 0.5) is 10.1 Å². The normalized spacial score (nSPS) is 17.8. The molecule has 1 aliphatic rings. The van der Waals surface area contributed by atoms with Crippen molar-refractivity contribution in [1.82, 2.24) is 10.6 Å². The van der Waals surface area contributed by atoms with Crippen LogP contribution in [-0.2, 0) is 20.9 Å². The van der Waals surface area contributed by atoms with Crippen molar-refractivity contribution in [2.45, 2.75) is 120 Å². The van der Waals surface area contributed by atoms with Gasteiger partial charge in [-0.25, -0.2) is 4.39 Å². The third-order valence-electron chi connectivity index (χ3n) is 10.8. The number of benzene rings is 3. The molecule has 0 aromatic heterocycles. The number of unbranched alkanes of at least 4 members (excludes halogenated alkanes) is 7. The molecule has 14 heteroatoms. The minimum atomic E-state index is -1.73. The van der Waals surface area contributed by atoms with Crippen LogP contribution in [0, 0.1) is 11.7 Å². The lowest BCUT2D eigenvalue weighted by Gasteiger charge is -2.48. The molecule has 3 aromatic carbocycles. The fourth-order valence-electron chi connectivity index (χ4n) is 7.18. The average molecular weight is 810 g/mol. The lowest BCUT2D eigenvalue weighted by Crippen LogP contribution is -2.55. The second-order valence-electron chi connectivity index (χ2n) is 15.1. The van der Waals surface area contributed by atoms with E-state index >= 15 is 0 Å². The van der Waals surface area contributed by atoms with Gasteiger partial charge in [0, 0.05) is 31.6 Å². The zero-order valence-electron chi connectivity index (χ0n) is 33.2. The lowest BCUT2D eigenvalue weighted by molar-refractivity contribution is -0.131. The first-order valence-corrected chi connectivity index (χ1v) is 20.3. The first kappa shape index (κ1) is 46.3. The number of hydrogen-bond donors (Lipinski definition) is 8. The molecule has 1 fully saturated rings. The summed E-state index contributed by atoms with van der Waals surface area (Å²) in [6, 6.07) is 20.7. The first-order valence-electron chi connectivity index (χ1n) is 20.3. The van der Waals surface area contributed by atoms with Crippen molar-refractivity contribution in [3.8, 4) is 5.75 Å². The smallest absolute Gasteiger partial charge is 0.233 e. The highest BCUT2D eigenvalue weighted by Crippen LogP contribution is 2.46. The second kappa shape index (κ2) is 23.8. The van der Waals surface area contributed by atoms with Crippen LogP contribution in [0.5, 0.6) is 5.75 Å². The van der Waals surface area contributed by atoms with Gasteiger partial charge in [0.05, 0.1) is 37.9 Å². The lowest BCUT2D eigenvalue weighted by atomic mass is 9.78. The highest BCUT2D eigenvalue weighted by molar-refractivity contribution is 6.03. The molecule has 0 saturated carbocycles. The molecule has 0 bridgehead atoms. The number of halogens is 1. The second-order valence-corrected chi connectivity index (χ2v) is 15.1. The van der Waals surface area contributed by atoms with Gasteiger partial charge in [0.25, 0.3) is 0 Å². The van der Waals surface area contributed by atoms with Gasteiger partial charge in [-0.1, -0.05) is 74.9 Å². The number of anilines is 1. The molecule has 3 aromatic rings. The van der Waals surface area contributed by atoms with E-state index in [1.54, 1.807) is 24.1 Å². The molecule has 3 amide bonds. The number of methoxy groups -OCH3 is 1. The molecule has 0 spiro atoms. The van der Waals surface area contributed by atoms with E-state index in [0.29, 0.717) is 43.5 Å². The molecule has 1 saturated heterocycles. The molecule has 8 N–H and O–H groups in total. The number of carbonyl (C=O) groups excluding carboxylic acids is 3. The average Bonchev–Trinajstić information content (AvgIpc) is 3.24. The van der Waals surface area contributed by atoms with E-state index in [1.807, 2.05) is 48.5 Å². The molecule has 0 radical (unpaired) electrons. The standard InChI is InChI=1S/C44H60FN3O10/c1-58-34-22-16-31(17-23-34)41-35(24-25-36(50)30-14-18-32(45)19-15-30)44(57)48(41)33-20-12-29(13-21-33)26-46-39(53)10-8-6-4-2-3-5-7-9-11-40(54)47-27-37(51)42(55)43(56)38(52)28-49/h12-23,35-38,41-43,49-52,55-56H,2-11,24-28H2,1H3,(H,46,53)(H,47,54)/t35-,36+,37+,38-,41-,42-,43?/m1/s1. The minimum absolute atomic E-state index is 0.0218. The number of carbonyl (C=O) groups is 3. The van der Waals surface area contributed by atoms with Crippen LogP contribution in [0.25, 0.3) is 0 Å². The largest absolute Gasteiger partial charge is 0.497 e. The predicted molar refractivity (Wildman–Crippen MR) is 216 cm³/mol. The summed E-state index contributed by atoms with van der Waals surface area (Å²) in [6.45, 7) is -0.681. The third kappa shape index (κ3) is 13.8. The fourth-order valence-corrected chi connectivity index (χ4v) is 7.18. The summed E-state index contributed by atoms with van der Waals surface area (Å²) >= 11 is 0. The van der Waals surface area contributed by atoms with Gasteiger partial charge in [-0.3, -0.25) is 14.4 Å². The van der Waals surface area contributed by atoms with Crippen molar-refractivity contribution >= 4 is 23.4 Å². The van der Waals surface area contributed by atoms with Crippen molar-refractivity contribution in [3.63, 3.8) is 0 Å². The van der Waals surface area contributed by atoms with Gasteiger partial charge in [-0.05, 0) is 78.8 Å². The maximum atomic E-state index is 13.6. The van der Waals surface area contributed by atoms with Crippen LogP contribution in [0.15, 0.2) is 72.8 Å². The van der Waals surface area contributed by atoms with E-state index in [2.05, 4.69) is 10.6 Å². The number of ether oxygens (including phenoxy) is 1. The molecule has 4 rings (SSSR count). The molecule has 0 aliphatic carbocycles. The Morgan fingerprint density at radius 1 is 0.741 bits per heavy atom. The van der Waals surface area contributed by atoms with Crippen LogP contribution in [0.3, 0.4) is 0 Å². The SMILES string of the molecule is COc1ccc([C@@H]2[C@@H](CC[C@H](O)c3ccc(F)cc3)C(=O)N2c2ccc(CNC(=O)CCCCCCCCCCC(=O)NC[C@H](O)[C@@H](O)C(O)[C@H](O)CO)cc2)cc1. The minimum Gasteiger partial charge on any atom is -0.497 e. The van der Waals surface area contributed by atoms with Gasteiger partial charge in [-0.15, -0.1) is 0 Å². The van der Waals surface area contributed by atoms with Crippen molar-refractivity contribution in [3.05, 3.63) is 95.3 Å². The number of nitrogens with one attached hydrogen (secondary N) is 2. The first-order chi connectivity index (χ1) is 27.9. The number of amides is 3. The summed E-state index contributed by atoms with van der Waals surface area (Å²) in [5.41, 5.74) is 3.21. The van der Waals surface area contributed by atoms with E-state index < -0.39 is 37.1 Å². The number of aliphatic hydroxyl groups excluding tert-OH is 6. The van der Waals surface area contributed by atoms with Crippen molar-refractivity contribution in [2.24, 2.45) is 5.92 Å². The molecular weight excluding hydrogens is 749 g/mol. The molecular formula is C44H60FN3O10. The Kier molecular flexibility index (Phi) is 19.0. The summed E-state index contributed by atoms with van der Waals surface area (Å²) < 4.78 is 18.7.